The van der Waals surface area contributed by atoms with Gasteiger partial charge in [0.1, 0.15) is 5.82 Å². The van der Waals surface area contributed by atoms with Gasteiger partial charge in [-0.05, 0) is 23.8 Å². The molecule has 0 bridgehead atoms. The second-order valence-corrected chi connectivity index (χ2v) is 4.66. The number of nitrogens with one attached hydrogen (secondary N) is 2. The van der Waals surface area contributed by atoms with E-state index in [1.165, 1.54) is 12.1 Å². The average molecular weight is 298 g/mol. The van der Waals surface area contributed by atoms with Crippen molar-refractivity contribution in [3.8, 4) is 0 Å². The summed E-state index contributed by atoms with van der Waals surface area (Å²) in [5, 5.41) is 18.8. The number of aliphatic hydroxyl groups is 1. The Hall–Kier alpha value is -1.92. The second-order valence-electron chi connectivity index (χ2n) is 4.25. The Balaban J connectivity index is 1.86. The fourth-order valence-corrected chi connectivity index (χ4v) is 1.78. The van der Waals surface area contributed by atoms with Gasteiger partial charge in [-0.15, -0.1) is 0 Å². The molecule has 5 nitrogen and oxygen atoms in total. The number of rotatable bonds is 5. The summed E-state index contributed by atoms with van der Waals surface area (Å²) in [6.07, 6.45) is 0.697. The summed E-state index contributed by atoms with van der Waals surface area (Å²) in [5.41, 5.74) is 1.03. The van der Waals surface area contributed by atoms with Crippen LogP contribution in [0.25, 0.3) is 0 Å². The first-order chi connectivity index (χ1) is 9.56. The summed E-state index contributed by atoms with van der Waals surface area (Å²) in [5.74, 6) is -0.866. The maximum Gasteiger partial charge on any atom is 0.226 e. The van der Waals surface area contributed by atoms with Crippen LogP contribution in [0.15, 0.2) is 30.5 Å². The third kappa shape index (κ3) is 3.79. The molecular weight excluding hydrogens is 285 g/mol. The van der Waals surface area contributed by atoms with Crippen molar-refractivity contribution in [2.45, 2.75) is 12.5 Å². The number of aliphatic hydroxyl groups excluding tert-OH is 1. The first-order valence-electron chi connectivity index (χ1n) is 5.94. The highest BCUT2D eigenvalue weighted by molar-refractivity contribution is 6.30. The van der Waals surface area contributed by atoms with Crippen LogP contribution in [0.1, 0.15) is 17.4 Å². The maximum atomic E-state index is 13.2. The Bertz CT molecular complexity index is 589. The van der Waals surface area contributed by atoms with Gasteiger partial charge in [-0.1, -0.05) is 17.7 Å². The Kier molecular flexibility index (Phi) is 4.70. The van der Waals surface area contributed by atoms with Crippen LogP contribution in [0, 0.1) is 5.82 Å². The number of benzene rings is 1. The number of aromatic amines is 1. The molecule has 0 aliphatic carbocycles. The third-order valence-corrected chi connectivity index (χ3v) is 3.04. The third-order valence-electron chi connectivity index (χ3n) is 2.73. The summed E-state index contributed by atoms with van der Waals surface area (Å²) < 4.78 is 13.2. The fraction of sp³-hybridized carbons (Fsp3) is 0.231. The molecule has 0 spiro atoms. The number of hydrogen-bond donors (Lipinski definition) is 3. The Morgan fingerprint density at radius 3 is 2.95 bits per heavy atom. The quantitative estimate of drug-likeness (QED) is 0.784. The molecule has 2 rings (SSSR count). The first-order valence-corrected chi connectivity index (χ1v) is 6.32. The van der Waals surface area contributed by atoms with Crippen LogP contribution in [0.3, 0.4) is 0 Å². The van der Waals surface area contributed by atoms with E-state index in [-0.39, 0.29) is 23.9 Å². The van der Waals surface area contributed by atoms with Crippen molar-refractivity contribution in [2.24, 2.45) is 0 Å². The summed E-state index contributed by atoms with van der Waals surface area (Å²) in [7, 11) is 0. The van der Waals surface area contributed by atoms with E-state index in [2.05, 4.69) is 15.5 Å². The average Bonchev–Trinajstić information content (AvgIpc) is 2.92. The lowest BCUT2D eigenvalue weighted by Gasteiger charge is -2.12. The van der Waals surface area contributed by atoms with Crippen LogP contribution < -0.4 is 5.32 Å². The Morgan fingerprint density at radius 1 is 1.50 bits per heavy atom. The standard InChI is InChI=1S/C13H13ClFN3O2/c14-10-2-1-8(5-11(10)15)12(19)7-16-13(20)6-9-3-4-17-18-9/h1-5,12,19H,6-7H2,(H,16,20)(H,17,18). The first kappa shape index (κ1) is 14.5. The molecule has 0 aliphatic rings. The monoisotopic (exact) mass is 297 g/mol. The molecule has 7 heteroatoms. The van der Waals surface area contributed by atoms with Gasteiger partial charge in [0.15, 0.2) is 0 Å². The highest BCUT2D eigenvalue weighted by atomic mass is 35.5. The molecule has 20 heavy (non-hydrogen) atoms. The zero-order chi connectivity index (χ0) is 14.5. The number of H-pyrrole nitrogens is 1. The summed E-state index contributed by atoms with van der Waals surface area (Å²) in [4.78, 5) is 11.6. The molecule has 1 aromatic heterocycles. The van der Waals surface area contributed by atoms with E-state index in [0.717, 1.165) is 6.07 Å². The Morgan fingerprint density at radius 2 is 2.30 bits per heavy atom. The van der Waals surface area contributed by atoms with E-state index in [0.29, 0.717) is 11.3 Å². The van der Waals surface area contributed by atoms with Gasteiger partial charge in [-0.3, -0.25) is 9.89 Å². The zero-order valence-corrected chi connectivity index (χ0v) is 11.2. The SMILES string of the molecule is O=C(Cc1ccn[nH]1)NCC(O)c1ccc(Cl)c(F)c1. The largest absolute Gasteiger partial charge is 0.387 e. The number of amides is 1. The van der Waals surface area contributed by atoms with Gasteiger partial charge in [0, 0.05) is 18.4 Å². The topological polar surface area (TPSA) is 78.0 Å². The minimum Gasteiger partial charge on any atom is -0.387 e. The molecule has 0 radical (unpaired) electrons. The van der Waals surface area contributed by atoms with Gasteiger partial charge >= 0.3 is 0 Å². The number of aromatic nitrogens is 2. The minimum atomic E-state index is -0.993. The van der Waals surface area contributed by atoms with Crippen LogP contribution in [-0.2, 0) is 11.2 Å². The molecule has 1 aromatic carbocycles. The lowest BCUT2D eigenvalue weighted by Crippen LogP contribution is -2.29. The predicted molar refractivity (Wildman–Crippen MR) is 71.7 cm³/mol. The molecule has 1 amide bonds. The molecule has 1 heterocycles. The lowest BCUT2D eigenvalue weighted by molar-refractivity contribution is -0.120. The Labute approximate surface area is 119 Å². The van der Waals surface area contributed by atoms with Gasteiger partial charge in [-0.25, -0.2) is 4.39 Å². The van der Waals surface area contributed by atoms with Gasteiger partial charge in [0.25, 0.3) is 0 Å². The number of carbonyl (C=O) groups is 1. The number of hydrogen-bond acceptors (Lipinski definition) is 3. The van der Waals surface area contributed by atoms with Crippen LogP contribution >= 0.6 is 11.6 Å². The van der Waals surface area contributed by atoms with Crippen molar-refractivity contribution in [3.63, 3.8) is 0 Å². The second kappa shape index (κ2) is 6.49. The maximum absolute atomic E-state index is 13.2. The zero-order valence-electron chi connectivity index (χ0n) is 10.4. The van der Waals surface area contributed by atoms with Crippen LogP contribution in [0.4, 0.5) is 4.39 Å². The minimum absolute atomic E-state index is 0.00591. The molecular formula is C13H13ClFN3O2. The van der Waals surface area contributed by atoms with Crippen molar-refractivity contribution in [1.29, 1.82) is 0 Å². The molecule has 1 unspecified atom stereocenters. The van der Waals surface area contributed by atoms with Crippen molar-refractivity contribution >= 4 is 17.5 Å². The smallest absolute Gasteiger partial charge is 0.226 e. The predicted octanol–water partition coefficient (Wildman–Crippen LogP) is 1.59. The van der Waals surface area contributed by atoms with E-state index in [1.54, 1.807) is 12.3 Å². The molecule has 0 saturated carbocycles. The van der Waals surface area contributed by atoms with E-state index in [4.69, 9.17) is 11.6 Å². The molecule has 0 saturated heterocycles. The van der Waals surface area contributed by atoms with Crippen LogP contribution in [-0.4, -0.2) is 27.8 Å². The number of nitrogens with zero attached hydrogens (tertiary/aromatic N) is 1. The number of carbonyl (C=O) groups excluding carboxylic acids is 1. The van der Waals surface area contributed by atoms with Gasteiger partial charge in [0.05, 0.1) is 17.5 Å². The lowest BCUT2D eigenvalue weighted by atomic mass is 10.1. The summed E-state index contributed by atoms with van der Waals surface area (Å²) in [6, 6.07) is 5.71. The fourth-order valence-electron chi connectivity index (χ4n) is 1.67. The summed E-state index contributed by atoms with van der Waals surface area (Å²) >= 11 is 5.56. The van der Waals surface area contributed by atoms with Crippen molar-refractivity contribution in [3.05, 3.63) is 52.6 Å². The van der Waals surface area contributed by atoms with Crippen molar-refractivity contribution in [1.82, 2.24) is 15.5 Å². The van der Waals surface area contributed by atoms with Crippen LogP contribution in [0.5, 0.6) is 0 Å². The molecule has 0 aliphatic heterocycles. The van der Waals surface area contributed by atoms with Gasteiger partial charge < -0.3 is 10.4 Å². The van der Waals surface area contributed by atoms with E-state index >= 15 is 0 Å². The van der Waals surface area contributed by atoms with Gasteiger partial charge in [-0.2, -0.15) is 5.10 Å². The normalized spacial score (nSPS) is 12.2. The molecule has 1 atom stereocenters. The molecule has 3 N–H and O–H groups in total. The van der Waals surface area contributed by atoms with Crippen molar-refractivity contribution in [2.75, 3.05) is 6.54 Å². The molecule has 2 aromatic rings. The van der Waals surface area contributed by atoms with Crippen LogP contribution in [0.2, 0.25) is 5.02 Å². The van der Waals surface area contributed by atoms with Crippen molar-refractivity contribution < 1.29 is 14.3 Å². The number of halogens is 2. The van der Waals surface area contributed by atoms with E-state index < -0.39 is 11.9 Å². The summed E-state index contributed by atoms with van der Waals surface area (Å²) in [6.45, 7) is -0.00591. The van der Waals surface area contributed by atoms with E-state index in [9.17, 15) is 14.3 Å². The molecule has 106 valence electrons. The van der Waals surface area contributed by atoms with Gasteiger partial charge in [0.2, 0.25) is 5.91 Å². The highest BCUT2D eigenvalue weighted by Gasteiger charge is 2.12. The highest BCUT2D eigenvalue weighted by Crippen LogP contribution is 2.19. The molecule has 0 fully saturated rings. The van der Waals surface area contributed by atoms with E-state index in [1.807, 2.05) is 0 Å².